The smallest absolute Gasteiger partial charge is 0.128 e. The first-order valence-corrected chi connectivity index (χ1v) is 5.93. The normalized spacial score (nSPS) is 13.6. The lowest BCUT2D eigenvalue weighted by molar-refractivity contribution is 0.416. The molecule has 0 spiro atoms. The largest absolute Gasteiger partial charge is 0.496 e. The van der Waals surface area contributed by atoms with Gasteiger partial charge in [0.1, 0.15) is 5.75 Å². The van der Waals surface area contributed by atoms with Crippen molar-refractivity contribution in [1.82, 2.24) is 10.3 Å². The van der Waals surface area contributed by atoms with Crippen LogP contribution in [0.3, 0.4) is 0 Å². The molecule has 2 heterocycles. The highest BCUT2D eigenvalue weighted by molar-refractivity contribution is 5.85. The van der Waals surface area contributed by atoms with Gasteiger partial charge in [-0.2, -0.15) is 0 Å². The van der Waals surface area contributed by atoms with Crippen LogP contribution in [0.2, 0.25) is 0 Å². The molecule has 2 N–H and O–H groups in total. The third kappa shape index (κ3) is 2.24. The highest BCUT2D eigenvalue weighted by atomic mass is 35.5. The van der Waals surface area contributed by atoms with Gasteiger partial charge in [0.2, 0.25) is 0 Å². The van der Waals surface area contributed by atoms with Crippen LogP contribution in [-0.4, -0.2) is 18.6 Å². The second-order valence-electron chi connectivity index (χ2n) is 4.31. The summed E-state index contributed by atoms with van der Waals surface area (Å²) in [5, 5.41) is 3.38. The van der Waals surface area contributed by atoms with Gasteiger partial charge in [-0.15, -0.1) is 12.4 Å². The lowest BCUT2D eigenvalue weighted by atomic mass is 10.1. The first kappa shape index (κ1) is 13.0. The van der Waals surface area contributed by atoms with Crippen LogP contribution in [0.1, 0.15) is 11.3 Å². The van der Waals surface area contributed by atoms with E-state index in [-0.39, 0.29) is 12.4 Å². The van der Waals surface area contributed by atoms with E-state index in [2.05, 4.69) is 22.4 Å². The molecule has 1 aromatic carbocycles. The van der Waals surface area contributed by atoms with Gasteiger partial charge in [-0.3, -0.25) is 0 Å². The van der Waals surface area contributed by atoms with Crippen LogP contribution in [0.5, 0.6) is 5.75 Å². The highest BCUT2D eigenvalue weighted by Gasteiger charge is 2.14. The van der Waals surface area contributed by atoms with E-state index in [1.54, 1.807) is 7.11 Å². The number of ether oxygens (including phenoxy) is 1. The van der Waals surface area contributed by atoms with E-state index in [0.717, 1.165) is 36.5 Å². The molecule has 1 aliphatic heterocycles. The Balaban J connectivity index is 0.00000120. The zero-order valence-electron chi connectivity index (χ0n) is 10.3. The van der Waals surface area contributed by atoms with Gasteiger partial charge >= 0.3 is 0 Å². The van der Waals surface area contributed by atoms with E-state index >= 15 is 0 Å². The number of nitrogens with one attached hydrogen (secondary N) is 2. The fourth-order valence-corrected chi connectivity index (χ4v) is 2.37. The minimum absolute atomic E-state index is 0. The molecule has 0 aliphatic carbocycles. The Labute approximate surface area is 113 Å². The average molecular weight is 265 g/mol. The number of hydrogen-bond donors (Lipinski definition) is 2. The van der Waals surface area contributed by atoms with Crippen molar-refractivity contribution < 1.29 is 4.74 Å². The van der Waals surface area contributed by atoms with Crippen LogP contribution in [0, 0.1) is 0 Å². The number of benzene rings is 1. The molecule has 3 nitrogen and oxygen atoms in total. The van der Waals surface area contributed by atoms with E-state index in [0.29, 0.717) is 0 Å². The van der Waals surface area contributed by atoms with Crippen LogP contribution in [0.15, 0.2) is 30.3 Å². The fourth-order valence-electron chi connectivity index (χ4n) is 2.37. The zero-order chi connectivity index (χ0) is 11.7. The molecular weight excluding hydrogens is 248 g/mol. The predicted molar refractivity (Wildman–Crippen MR) is 75.4 cm³/mol. The summed E-state index contributed by atoms with van der Waals surface area (Å²) in [5.74, 6) is 0.916. The lowest BCUT2D eigenvalue weighted by Gasteiger charge is -2.11. The Bertz CT molecular complexity index is 513. The minimum atomic E-state index is 0. The molecule has 0 atom stereocenters. The van der Waals surface area contributed by atoms with Gasteiger partial charge in [0, 0.05) is 36.5 Å². The maximum atomic E-state index is 5.40. The Morgan fingerprint density at radius 3 is 2.83 bits per heavy atom. The molecule has 0 amide bonds. The average Bonchev–Trinajstić information content (AvgIpc) is 2.82. The van der Waals surface area contributed by atoms with Crippen molar-refractivity contribution in [3.63, 3.8) is 0 Å². The fraction of sp³-hybridized carbons (Fsp3) is 0.286. The SMILES string of the molecule is COc1ccccc1-c1cc2c([nH]1)CCNC2.Cl. The summed E-state index contributed by atoms with van der Waals surface area (Å²) in [4.78, 5) is 3.50. The van der Waals surface area contributed by atoms with Crippen molar-refractivity contribution in [1.29, 1.82) is 0 Å². The number of aromatic amines is 1. The van der Waals surface area contributed by atoms with Crippen molar-refractivity contribution in [3.05, 3.63) is 41.6 Å². The molecule has 96 valence electrons. The van der Waals surface area contributed by atoms with Crippen molar-refractivity contribution in [2.24, 2.45) is 0 Å². The summed E-state index contributed by atoms with van der Waals surface area (Å²) in [6.45, 7) is 2.01. The topological polar surface area (TPSA) is 37.0 Å². The van der Waals surface area contributed by atoms with Crippen molar-refractivity contribution in [3.8, 4) is 17.0 Å². The molecule has 0 bridgehead atoms. The Hall–Kier alpha value is -1.45. The monoisotopic (exact) mass is 264 g/mol. The molecule has 1 aliphatic rings. The number of para-hydroxylation sites is 1. The molecule has 2 aromatic rings. The molecule has 0 saturated carbocycles. The van der Waals surface area contributed by atoms with Crippen molar-refractivity contribution >= 4 is 12.4 Å². The van der Waals surface area contributed by atoms with Crippen molar-refractivity contribution in [2.75, 3.05) is 13.7 Å². The third-order valence-electron chi connectivity index (χ3n) is 3.26. The van der Waals surface area contributed by atoms with E-state index in [1.807, 2.05) is 18.2 Å². The lowest BCUT2D eigenvalue weighted by Crippen LogP contribution is -2.22. The van der Waals surface area contributed by atoms with Gasteiger partial charge in [-0.1, -0.05) is 12.1 Å². The second kappa shape index (κ2) is 5.46. The van der Waals surface area contributed by atoms with Crippen LogP contribution in [-0.2, 0) is 13.0 Å². The first-order chi connectivity index (χ1) is 8.38. The molecule has 3 rings (SSSR count). The Morgan fingerprint density at radius 1 is 1.22 bits per heavy atom. The van der Waals surface area contributed by atoms with E-state index in [4.69, 9.17) is 4.74 Å². The molecular formula is C14H17ClN2O. The number of methoxy groups -OCH3 is 1. The molecule has 1 aromatic heterocycles. The summed E-state index contributed by atoms with van der Waals surface area (Å²) >= 11 is 0. The number of aromatic nitrogens is 1. The van der Waals surface area contributed by atoms with Crippen LogP contribution in [0.25, 0.3) is 11.3 Å². The minimum Gasteiger partial charge on any atom is -0.496 e. The standard InChI is InChI=1S/C14H16N2O.ClH/c1-17-14-5-3-2-4-11(14)13-8-10-9-15-7-6-12(10)16-13;/h2-5,8,15-16H,6-7,9H2,1H3;1H. The van der Waals surface area contributed by atoms with Gasteiger partial charge in [0.25, 0.3) is 0 Å². The van der Waals surface area contributed by atoms with Crippen LogP contribution < -0.4 is 10.1 Å². The molecule has 0 unspecified atom stereocenters. The van der Waals surface area contributed by atoms with E-state index in [1.165, 1.54) is 11.3 Å². The molecule has 18 heavy (non-hydrogen) atoms. The van der Waals surface area contributed by atoms with Gasteiger partial charge in [0.05, 0.1) is 7.11 Å². The summed E-state index contributed by atoms with van der Waals surface area (Å²) in [5.41, 5.74) is 5.00. The highest BCUT2D eigenvalue weighted by Crippen LogP contribution is 2.30. The first-order valence-electron chi connectivity index (χ1n) is 5.93. The van der Waals surface area contributed by atoms with Gasteiger partial charge in [0.15, 0.2) is 0 Å². The zero-order valence-corrected chi connectivity index (χ0v) is 11.1. The Morgan fingerprint density at radius 2 is 2.06 bits per heavy atom. The summed E-state index contributed by atoms with van der Waals surface area (Å²) < 4.78 is 5.40. The number of rotatable bonds is 2. The summed E-state index contributed by atoms with van der Waals surface area (Å²) in [6.07, 6.45) is 1.07. The second-order valence-corrected chi connectivity index (χ2v) is 4.31. The van der Waals surface area contributed by atoms with E-state index < -0.39 is 0 Å². The number of hydrogen-bond acceptors (Lipinski definition) is 2. The Kier molecular flexibility index (Phi) is 3.94. The maximum absolute atomic E-state index is 5.40. The van der Waals surface area contributed by atoms with Crippen molar-refractivity contribution in [2.45, 2.75) is 13.0 Å². The third-order valence-corrected chi connectivity index (χ3v) is 3.26. The maximum Gasteiger partial charge on any atom is 0.128 e. The van der Waals surface area contributed by atoms with Crippen LogP contribution in [0.4, 0.5) is 0 Å². The van der Waals surface area contributed by atoms with E-state index in [9.17, 15) is 0 Å². The summed E-state index contributed by atoms with van der Waals surface area (Å²) in [7, 11) is 1.71. The van der Waals surface area contributed by atoms with Crippen LogP contribution >= 0.6 is 12.4 Å². The van der Waals surface area contributed by atoms with Gasteiger partial charge in [-0.05, 0) is 23.8 Å². The number of fused-ring (bicyclic) bond motifs is 1. The number of H-pyrrole nitrogens is 1. The molecule has 0 fully saturated rings. The quantitative estimate of drug-likeness (QED) is 0.875. The molecule has 4 heteroatoms. The molecule has 0 radical (unpaired) electrons. The number of halogens is 1. The van der Waals surface area contributed by atoms with Gasteiger partial charge < -0.3 is 15.0 Å². The summed E-state index contributed by atoms with van der Waals surface area (Å²) in [6, 6.07) is 10.3. The molecule has 0 saturated heterocycles. The predicted octanol–water partition coefficient (Wildman–Crippen LogP) is 2.76. The van der Waals surface area contributed by atoms with Gasteiger partial charge in [-0.25, -0.2) is 0 Å².